The van der Waals surface area contributed by atoms with Crippen LogP contribution in [0.2, 0.25) is 5.02 Å². The molecule has 1 aliphatic heterocycles. The maximum Gasteiger partial charge on any atom is 0.294 e. The van der Waals surface area contributed by atoms with E-state index in [1.807, 2.05) is 12.1 Å². The molecule has 1 atom stereocenters. The van der Waals surface area contributed by atoms with E-state index >= 15 is 0 Å². The van der Waals surface area contributed by atoms with Crippen molar-refractivity contribution in [2.75, 3.05) is 4.90 Å². The molecular weight excluding hydrogens is 416 g/mol. The van der Waals surface area contributed by atoms with Gasteiger partial charge in [0.1, 0.15) is 11.6 Å². The van der Waals surface area contributed by atoms with Crippen molar-refractivity contribution >= 4 is 39.9 Å². The Balaban J connectivity index is 1.67. The number of para-hydroxylation sites is 1. The summed E-state index contributed by atoms with van der Waals surface area (Å²) in [6.45, 7) is 0. The first-order valence-corrected chi connectivity index (χ1v) is 9.89. The third kappa shape index (κ3) is 3.17. The number of halogens is 1. The first-order chi connectivity index (χ1) is 15.0. The third-order valence-electron chi connectivity index (χ3n) is 5.16. The van der Waals surface area contributed by atoms with E-state index in [9.17, 15) is 14.7 Å². The summed E-state index contributed by atoms with van der Waals surface area (Å²) in [5.74, 6) is -1.90. The van der Waals surface area contributed by atoms with Crippen LogP contribution in [0.1, 0.15) is 22.3 Å². The molecule has 4 aromatic rings. The standard InChI is InChI=1S/C24H15ClN2O4/c25-15-7-5-8-16(13-15)27-21(17-9-3-4-11-26-17)20(23(29)24(27)30)22(28)19-12-14-6-1-2-10-18(14)31-19/h1-13,21,29H. The van der Waals surface area contributed by atoms with Crippen LogP contribution in [0, 0.1) is 0 Å². The largest absolute Gasteiger partial charge is 0.503 e. The minimum atomic E-state index is -0.937. The summed E-state index contributed by atoms with van der Waals surface area (Å²) in [6, 6.07) is 19.7. The molecular formula is C24H15ClN2O4. The number of aliphatic hydroxyl groups excluding tert-OH is 1. The highest BCUT2D eigenvalue weighted by molar-refractivity contribution is 6.31. The number of rotatable bonds is 4. The molecule has 152 valence electrons. The number of carbonyl (C=O) groups excluding carboxylic acids is 2. The fourth-order valence-electron chi connectivity index (χ4n) is 3.77. The summed E-state index contributed by atoms with van der Waals surface area (Å²) in [5.41, 5.74) is 1.31. The highest BCUT2D eigenvalue weighted by Gasteiger charge is 2.46. The van der Waals surface area contributed by atoms with Gasteiger partial charge in [-0.15, -0.1) is 0 Å². The van der Waals surface area contributed by atoms with Crippen LogP contribution < -0.4 is 4.90 Å². The lowest BCUT2D eigenvalue weighted by molar-refractivity contribution is -0.117. The highest BCUT2D eigenvalue weighted by Crippen LogP contribution is 2.42. The van der Waals surface area contributed by atoms with Gasteiger partial charge in [-0.1, -0.05) is 41.9 Å². The lowest BCUT2D eigenvalue weighted by Gasteiger charge is -2.26. The summed E-state index contributed by atoms with van der Waals surface area (Å²) in [5, 5.41) is 11.9. The number of nitrogens with zero attached hydrogens (tertiary/aromatic N) is 2. The number of furan rings is 1. The van der Waals surface area contributed by atoms with Crippen molar-refractivity contribution in [3.05, 3.63) is 107 Å². The molecule has 7 heteroatoms. The van der Waals surface area contributed by atoms with Gasteiger partial charge in [-0.05, 0) is 42.5 Å². The molecule has 2 aromatic carbocycles. The summed E-state index contributed by atoms with van der Waals surface area (Å²) >= 11 is 6.13. The number of hydrogen-bond acceptors (Lipinski definition) is 5. The van der Waals surface area contributed by atoms with Gasteiger partial charge in [-0.2, -0.15) is 0 Å². The minimum Gasteiger partial charge on any atom is -0.503 e. The van der Waals surface area contributed by atoms with Crippen LogP contribution in [0.4, 0.5) is 5.69 Å². The van der Waals surface area contributed by atoms with E-state index in [-0.39, 0.29) is 11.3 Å². The number of ketones is 1. The van der Waals surface area contributed by atoms with E-state index in [1.165, 1.54) is 4.90 Å². The van der Waals surface area contributed by atoms with Crippen LogP contribution in [0.3, 0.4) is 0 Å². The molecule has 0 bridgehead atoms. The molecule has 0 fully saturated rings. The van der Waals surface area contributed by atoms with Gasteiger partial charge in [0.15, 0.2) is 11.5 Å². The third-order valence-corrected chi connectivity index (χ3v) is 5.39. The predicted octanol–water partition coefficient (Wildman–Crippen LogP) is 5.26. The maximum absolute atomic E-state index is 13.5. The van der Waals surface area contributed by atoms with Crippen molar-refractivity contribution in [1.82, 2.24) is 4.98 Å². The Hall–Kier alpha value is -3.90. The molecule has 0 radical (unpaired) electrons. The van der Waals surface area contributed by atoms with Crippen molar-refractivity contribution in [3.8, 4) is 0 Å². The minimum absolute atomic E-state index is 0.0319. The Morgan fingerprint density at radius 1 is 1.03 bits per heavy atom. The molecule has 1 amide bonds. The molecule has 6 nitrogen and oxygen atoms in total. The molecule has 0 saturated heterocycles. The zero-order valence-corrected chi connectivity index (χ0v) is 16.8. The van der Waals surface area contributed by atoms with Gasteiger partial charge in [-0.3, -0.25) is 19.5 Å². The smallest absolute Gasteiger partial charge is 0.294 e. The van der Waals surface area contributed by atoms with Crippen LogP contribution in [0.25, 0.3) is 11.0 Å². The van der Waals surface area contributed by atoms with Crippen LogP contribution in [-0.2, 0) is 4.79 Å². The van der Waals surface area contributed by atoms with Gasteiger partial charge in [0.2, 0.25) is 5.78 Å². The summed E-state index contributed by atoms with van der Waals surface area (Å²) < 4.78 is 5.70. The Morgan fingerprint density at radius 3 is 2.58 bits per heavy atom. The van der Waals surface area contributed by atoms with E-state index < -0.39 is 23.5 Å². The van der Waals surface area contributed by atoms with Crippen LogP contribution in [0.15, 0.2) is 94.7 Å². The van der Waals surface area contributed by atoms with Crippen LogP contribution >= 0.6 is 11.6 Å². The second-order valence-electron chi connectivity index (χ2n) is 7.05. The Kier molecular flexibility index (Phi) is 4.56. The number of aliphatic hydroxyl groups is 1. The molecule has 5 rings (SSSR count). The van der Waals surface area contributed by atoms with E-state index in [4.69, 9.17) is 16.0 Å². The monoisotopic (exact) mass is 430 g/mol. The first kappa shape index (κ1) is 19.1. The predicted molar refractivity (Wildman–Crippen MR) is 116 cm³/mol. The fourth-order valence-corrected chi connectivity index (χ4v) is 3.96. The number of aromatic nitrogens is 1. The highest BCUT2D eigenvalue weighted by atomic mass is 35.5. The lowest BCUT2D eigenvalue weighted by atomic mass is 9.98. The number of benzene rings is 2. The van der Waals surface area contributed by atoms with E-state index in [0.717, 1.165) is 5.39 Å². The summed E-state index contributed by atoms with van der Waals surface area (Å²) in [6.07, 6.45) is 1.56. The quantitative estimate of drug-likeness (QED) is 0.446. The zero-order chi connectivity index (χ0) is 21.5. The number of Topliss-reactive ketones (excluding diaryl/α,β-unsaturated/α-hetero) is 1. The second kappa shape index (κ2) is 7.41. The van der Waals surface area contributed by atoms with E-state index in [0.29, 0.717) is 22.0 Å². The molecule has 0 spiro atoms. The van der Waals surface area contributed by atoms with Crippen molar-refractivity contribution in [1.29, 1.82) is 0 Å². The number of hydrogen-bond donors (Lipinski definition) is 1. The maximum atomic E-state index is 13.5. The number of pyridine rings is 1. The molecule has 0 saturated carbocycles. The molecule has 1 aliphatic rings. The van der Waals surface area contributed by atoms with Gasteiger partial charge >= 0.3 is 0 Å². The van der Waals surface area contributed by atoms with Gasteiger partial charge in [0.25, 0.3) is 5.91 Å². The molecule has 0 aliphatic carbocycles. The second-order valence-corrected chi connectivity index (χ2v) is 7.49. The topological polar surface area (TPSA) is 83.6 Å². The van der Waals surface area contributed by atoms with Crippen molar-refractivity contribution in [2.24, 2.45) is 0 Å². The summed E-state index contributed by atoms with van der Waals surface area (Å²) in [4.78, 5) is 32.2. The van der Waals surface area contributed by atoms with Crippen molar-refractivity contribution in [3.63, 3.8) is 0 Å². The Labute approximate surface area is 182 Å². The fraction of sp³-hybridized carbons (Fsp3) is 0.0417. The SMILES string of the molecule is O=C(C1=C(O)C(=O)N(c2cccc(Cl)c2)C1c1ccccn1)c1cc2ccccc2o1. The van der Waals surface area contributed by atoms with Crippen LogP contribution in [-0.4, -0.2) is 21.8 Å². The molecule has 1 unspecified atom stereocenters. The average Bonchev–Trinajstić information content (AvgIpc) is 3.33. The number of amides is 1. The van der Waals surface area contributed by atoms with Gasteiger partial charge in [-0.25, -0.2) is 0 Å². The van der Waals surface area contributed by atoms with Crippen LogP contribution in [0.5, 0.6) is 0 Å². The number of fused-ring (bicyclic) bond motifs is 1. The van der Waals surface area contributed by atoms with Crippen molar-refractivity contribution in [2.45, 2.75) is 6.04 Å². The van der Waals surface area contributed by atoms with E-state index in [2.05, 4.69) is 4.98 Å². The van der Waals surface area contributed by atoms with E-state index in [1.54, 1.807) is 66.9 Å². The first-order valence-electron chi connectivity index (χ1n) is 9.51. The Morgan fingerprint density at radius 2 is 1.84 bits per heavy atom. The molecule has 1 N–H and O–H groups in total. The zero-order valence-electron chi connectivity index (χ0n) is 16.0. The average molecular weight is 431 g/mol. The van der Waals surface area contributed by atoms with Gasteiger partial charge < -0.3 is 9.52 Å². The van der Waals surface area contributed by atoms with Gasteiger partial charge in [0.05, 0.1) is 11.3 Å². The Bertz CT molecular complexity index is 1330. The molecule has 2 aromatic heterocycles. The summed E-state index contributed by atoms with van der Waals surface area (Å²) in [7, 11) is 0. The lowest BCUT2D eigenvalue weighted by Crippen LogP contribution is -2.31. The molecule has 3 heterocycles. The number of anilines is 1. The van der Waals surface area contributed by atoms with Gasteiger partial charge in [0, 0.05) is 22.3 Å². The van der Waals surface area contributed by atoms with Crippen molar-refractivity contribution < 1.29 is 19.1 Å². The normalized spacial score (nSPS) is 16.4. The number of carbonyl (C=O) groups is 2. The molecule has 31 heavy (non-hydrogen) atoms.